The van der Waals surface area contributed by atoms with Crippen molar-refractivity contribution < 1.29 is 9.90 Å². The number of benzene rings is 1. The fraction of sp³-hybridized carbons (Fsp3) is 0.100. The number of carboxylic acids is 1. The number of carboxylic acid groups (broad SMARTS) is 1. The quantitative estimate of drug-likeness (QED) is 0.735. The molecule has 0 amide bonds. The number of pyridine rings is 1. The number of hydrogen-bond donors (Lipinski definition) is 1. The Morgan fingerprint density at radius 3 is 2.29 bits per heavy atom. The molecule has 118 valence electrons. The van der Waals surface area contributed by atoms with Crippen LogP contribution in [0.3, 0.4) is 0 Å². The molecule has 0 spiro atoms. The highest BCUT2D eigenvalue weighted by Gasteiger charge is 2.17. The Morgan fingerprint density at radius 2 is 1.67 bits per heavy atom. The summed E-state index contributed by atoms with van der Waals surface area (Å²) in [5.41, 5.74) is 4.28. The van der Waals surface area contributed by atoms with Gasteiger partial charge in [-0.1, -0.05) is 17.9 Å². The van der Waals surface area contributed by atoms with Gasteiger partial charge in [-0.2, -0.15) is 0 Å². The van der Waals surface area contributed by atoms with Gasteiger partial charge in [-0.05, 0) is 50.2 Å². The topological polar surface area (TPSA) is 55.1 Å². The predicted octanol–water partition coefficient (Wildman–Crippen LogP) is 3.59. The van der Waals surface area contributed by atoms with Gasteiger partial charge in [0.1, 0.15) is 0 Å². The van der Waals surface area contributed by atoms with Gasteiger partial charge in [0.2, 0.25) is 0 Å². The zero-order valence-corrected chi connectivity index (χ0v) is 13.4. The average Bonchev–Trinajstić information content (AvgIpc) is 2.92. The van der Waals surface area contributed by atoms with E-state index in [0.29, 0.717) is 11.3 Å². The van der Waals surface area contributed by atoms with Crippen LogP contribution in [0.2, 0.25) is 0 Å². The first-order chi connectivity index (χ1) is 11.6. The minimum Gasteiger partial charge on any atom is -0.478 e. The van der Waals surface area contributed by atoms with Crippen LogP contribution in [-0.4, -0.2) is 20.6 Å². The molecule has 0 unspecified atom stereocenters. The monoisotopic (exact) mass is 316 g/mol. The van der Waals surface area contributed by atoms with Crippen LogP contribution in [0.5, 0.6) is 0 Å². The average molecular weight is 316 g/mol. The Morgan fingerprint density at radius 1 is 1.00 bits per heavy atom. The molecule has 0 aliphatic heterocycles. The van der Waals surface area contributed by atoms with Crippen molar-refractivity contribution in [2.45, 2.75) is 13.8 Å². The predicted molar refractivity (Wildman–Crippen MR) is 92.4 cm³/mol. The molecule has 4 heteroatoms. The van der Waals surface area contributed by atoms with Crippen molar-refractivity contribution in [3.63, 3.8) is 0 Å². The van der Waals surface area contributed by atoms with Gasteiger partial charge >= 0.3 is 5.97 Å². The summed E-state index contributed by atoms with van der Waals surface area (Å²) in [5, 5.41) is 9.59. The maximum atomic E-state index is 11.7. The molecule has 0 aliphatic carbocycles. The van der Waals surface area contributed by atoms with Crippen LogP contribution >= 0.6 is 0 Å². The molecular formula is C20H16N2O2. The maximum absolute atomic E-state index is 11.7. The van der Waals surface area contributed by atoms with E-state index < -0.39 is 5.97 Å². The zero-order valence-electron chi connectivity index (χ0n) is 13.4. The largest absolute Gasteiger partial charge is 0.478 e. The van der Waals surface area contributed by atoms with Crippen molar-refractivity contribution in [1.82, 2.24) is 9.55 Å². The van der Waals surface area contributed by atoms with Crippen LogP contribution in [0.25, 0.3) is 5.69 Å². The Balaban J connectivity index is 2.23. The maximum Gasteiger partial charge on any atom is 0.337 e. The smallest absolute Gasteiger partial charge is 0.337 e. The van der Waals surface area contributed by atoms with Crippen molar-refractivity contribution in [3.05, 3.63) is 82.9 Å². The van der Waals surface area contributed by atoms with Crippen LogP contribution in [0.1, 0.15) is 32.9 Å². The van der Waals surface area contributed by atoms with Gasteiger partial charge < -0.3 is 9.67 Å². The summed E-state index contributed by atoms with van der Waals surface area (Å²) in [6.07, 6.45) is 3.36. The molecule has 4 nitrogen and oxygen atoms in total. The fourth-order valence-electron chi connectivity index (χ4n) is 2.65. The molecule has 0 aliphatic rings. The summed E-state index contributed by atoms with van der Waals surface area (Å²) in [5.74, 6) is 5.21. The highest BCUT2D eigenvalue weighted by atomic mass is 16.4. The number of aromatic nitrogens is 2. The third kappa shape index (κ3) is 2.92. The number of nitrogens with zero attached hydrogens (tertiary/aromatic N) is 2. The first-order valence-corrected chi connectivity index (χ1v) is 7.51. The number of aromatic carboxylic acids is 1. The van der Waals surface area contributed by atoms with E-state index in [2.05, 4.69) is 16.8 Å². The third-order valence-corrected chi connectivity index (χ3v) is 3.78. The van der Waals surface area contributed by atoms with Gasteiger partial charge in [0.05, 0.1) is 11.3 Å². The van der Waals surface area contributed by atoms with Crippen molar-refractivity contribution in [3.8, 4) is 17.5 Å². The lowest BCUT2D eigenvalue weighted by Gasteiger charge is -2.14. The highest BCUT2D eigenvalue weighted by Crippen LogP contribution is 2.24. The summed E-state index contributed by atoms with van der Waals surface area (Å²) in [6, 6.07) is 12.7. The van der Waals surface area contributed by atoms with E-state index in [1.165, 1.54) is 0 Å². The van der Waals surface area contributed by atoms with E-state index in [1.54, 1.807) is 24.5 Å². The fourth-order valence-corrected chi connectivity index (χ4v) is 2.65. The van der Waals surface area contributed by atoms with Crippen LogP contribution in [0.4, 0.5) is 0 Å². The standard InChI is InChI=1S/C20H16N2O2/c1-14-6-7-15(2)22(14)19-17(4-3-5-18(19)20(23)24)9-8-16-10-12-21-13-11-16/h3-7,10-13H,1-2H3,(H,23,24). The SMILES string of the molecule is Cc1ccc(C)n1-c1c(C#Cc2ccncc2)cccc1C(=O)O. The Kier molecular flexibility index (Phi) is 4.17. The second-order valence-corrected chi connectivity index (χ2v) is 5.44. The van der Waals surface area contributed by atoms with Crippen molar-refractivity contribution in [2.75, 3.05) is 0 Å². The molecule has 2 aromatic heterocycles. The van der Waals surface area contributed by atoms with Gasteiger partial charge in [-0.3, -0.25) is 4.98 Å². The summed E-state index contributed by atoms with van der Waals surface area (Å²) in [7, 11) is 0. The number of rotatable bonds is 2. The lowest BCUT2D eigenvalue weighted by Crippen LogP contribution is -2.10. The molecule has 0 bridgehead atoms. The van der Waals surface area contributed by atoms with Crippen molar-refractivity contribution in [2.24, 2.45) is 0 Å². The van der Waals surface area contributed by atoms with E-state index in [0.717, 1.165) is 17.0 Å². The molecule has 0 saturated carbocycles. The van der Waals surface area contributed by atoms with E-state index in [1.807, 2.05) is 48.7 Å². The normalized spacial score (nSPS) is 10.1. The number of para-hydroxylation sites is 1. The van der Waals surface area contributed by atoms with E-state index in [9.17, 15) is 9.90 Å². The first-order valence-electron chi connectivity index (χ1n) is 7.51. The van der Waals surface area contributed by atoms with E-state index in [4.69, 9.17) is 0 Å². The molecule has 2 heterocycles. The molecule has 24 heavy (non-hydrogen) atoms. The summed E-state index contributed by atoms with van der Waals surface area (Å²) >= 11 is 0. The number of hydrogen-bond acceptors (Lipinski definition) is 2. The lowest BCUT2D eigenvalue weighted by atomic mass is 10.1. The van der Waals surface area contributed by atoms with Gasteiger partial charge in [0.25, 0.3) is 0 Å². The van der Waals surface area contributed by atoms with Gasteiger partial charge in [-0.25, -0.2) is 4.79 Å². The summed E-state index contributed by atoms with van der Waals surface area (Å²) in [4.78, 5) is 15.7. The molecule has 3 rings (SSSR count). The second-order valence-electron chi connectivity index (χ2n) is 5.44. The molecule has 0 radical (unpaired) electrons. The number of carbonyl (C=O) groups is 1. The van der Waals surface area contributed by atoms with Crippen LogP contribution in [0, 0.1) is 25.7 Å². The van der Waals surface area contributed by atoms with Gasteiger partial charge in [0, 0.05) is 34.9 Å². The van der Waals surface area contributed by atoms with Crippen LogP contribution in [-0.2, 0) is 0 Å². The third-order valence-electron chi connectivity index (χ3n) is 3.78. The van der Waals surface area contributed by atoms with Gasteiger partial charge in [0.15, 0.2) is 0 Å². The Labute approximate surface area is 140 Å². The molecule has 1 aromatic carbocycles. The van der Waals surface area contributed by atoms with E-state index in [-0.39, 0.29) is 5.56 Å². The Bertz CT molecular complexity index is 941. The molecule has 0 saturated heterocycles. The van der Waals surface area contributed by atoms with E-state index >= 15 is 0 Å². The Hall–Kier alpha value is -3.32. The van der Waals surface area contributed by atoms with Crippen LogP contribution < -0.4 is 0 Å². The number of aryl methyl sites for hydroxylation is 2. The highest BCUT2D eigenvalue weighted by molar-refractivity contribution is 5.93. The molecule has 1 N–H and O–H groups in total. The summed E-state index contributed by atoms with van der Waals surface area (Å²) in [6.45, 7) is 3.90. The first kappa shape index (κ1) is 15.6. The van der Waals surface area contributed by atoms with Crippen molar-refractivity contribution in [1.29, 1.82) is 0 Å². The molecule has 0 fully saturated rings. The minimum absolute atomic E-state index is 0.235. The molecular weight excluding hydrogens is 300 g/mol. The minimum atomic E-state index is -0.968. The zero-order chi connectivity index (χ0) is 17.1. The van der Waals surface area contributed by atoms with Crippen molar-refractivity contribution >= 4 is 5.97 Å². The van der Waals surface area contributed by atoms with Gasteiger partial charge in [-0.15, -0.1) is 0 Å². The van der Waals surface area contributed by atoms with Crippen LogP contribution in [0.15, 0.2) is 54.9 Å². The second kappa shape index (κ2) is 6.43. The lowest BCUT2D eigenvalue weighted by molar-refractivity contribution is 0.0697. The summed E-state index contributed by atoms with van der Waals surface area (Å²) < 4.78 is 1.93. The molecule has 0 atom stereocenters. The molecule has 3 aromatic rings.